The Balaban J connectivity index is 2.05. The molecule has 0 aliphatic rings. The van der Waals surface area contributed by atoms with Crippen LogP contribution < -0.4 is 5.32 Å². The van der Waals surface area contributed by atoms with Gasteiger partial charge in [-0.05, 0) is 23.9 Å². The van der Waals surface area contributed by atoms with E-state index in [1.165, 1.54) is 17.2 Å². The first-order valence-electron chi connectivity index (χ1n) is 7.26. The average molecular weight is 344 g/mol. The standard InChI is InChI=1S/C17H18BrN3/c1-2-3-10-19-17-20-11-12-21(17)16-9-8-15(18)13-6-4-5-7-14(13)16/h4-9,11-12H,2-3,10H2,1H3,(H,19,20). The van der Waals surface area contributed by atoms with Gasteiger partial charge in [-0.15, -0.1) is 0 Å². The molecule has 3 nitrogen and oxygen atoms in total. The van der Waals surface area contributed by atoms with Gasteiger partial charge in [0.1, 0.15) is 0 Å². The summed E-state index contributed by atoms with van der Waals surface area (Å²) in [4.78, 5) is 4.43. The van der Waals surface area contributed by atoms with Gasteiger partial charge in [0.25, 0.3) is 0 Å². The Hall–Kier alpha value is -1.81. The maximum atomic E-state index is 4.43. The van der Waals surface area contributed by atoms with Crippen LogP contribution >= 0.6 is 15.9 Å². The molecule has 0 saturated carbocycles. The molecule has 21 heavy (non-hydrogen) atoms. The van der Waals surface area contributed by atoms with E-state index in [0.717, 1.165) is 29.1 Å². The van der Waals surface area contributed by atoms with E-state index in [-0.39, 0.29) is 0 Å². The lowest BCUT2D eigenvalue weighted by atomic mass is 10.1. The van der Waals surface area contributed by atoms with Crippen molar-refractivity contribution in [1.29, 1.82) is 0 Å². The van der Waals surface area contributed by atoms with Gasteiger partial charge in [0, 0.05) is 28.8 Å². The molecule has 1 heterocycles. The second kappa shape index (κ2) is 6.31. The summed E-state index contributed by atoms with van der Waals surface area (Å²) in [6.07, 6.45) is 6.16. The molecule has 3 rings (SSSR count). The lowest BCUT2D eigenvalue weighted by molar-refractivity contribution is 0.823. The van der Waals surface area contributed by atoms with E-state index in [4.69, 9.17) is 0 Å². The minimum absolute atomic E-state index is 0.899. The Kier molecular flexibility index (Phi) is 4.25. The molecule has 1 N–H and O–H groups in total. The Morgan fingerprint density at radius 1 is 1.14 bits per heavy atom. The van der Waals surface area contributed by atoms with Crippen molar-refractivity contribution in [2.24, 2.45) is 0 Å². The van der Waals surface area contributed by atoms with Crippen molar-refractivity contribution in [3.05, 3.63) is 53.3 Å². The van der Waals surface area contributed by atoms with Gasteiger partial charge in [0.2, 0.25) is 5.95 Å². The number of hydrogen-bond donors (Lipinski definition) is 1. The van der Waals surface area contributed by atoms with Gasteiger partial charge in [-0.1, -0.05) is 53.5 Å². The summed E-state index contributed by atoms with van der Waals surface area (Å²) in [7, 11) is 0. The van der Waals surface area contributed by atoms with Crippen LogP contribution in [0.25, 0.3) is 16.5 Å². The molecule has 0 bridgehead atoms. The maximum absolute atomic E-state index is 4.43. The van der Waals surface area contributed by atoms with Gasteiger partial charge < -0.3 is 5.32 Å². The zero-order valence-corrected chi connectivity index (χ0v) is 13.6. The van der Waals surface area contributed by atoms with Crippen molar-refractivity contribution in [1.82, 2.24) is 9.55 Å². The summed E-state index contributed by atoms with van der Waals surface area (Å²) in [5.41, 5.74) is 1.14. The number of fused-ring (bicyclic) bond motifs is 1. The normalized spacial score (nSPS) is 11.0. The Labute approximate surface area is 133 Å². The molecule has 3 aromatic rings. The molecule has 0 atom stereocenters. The van der Waals surface area contributed by atoms with Crippen molar-refractivity contribution in [2.75, 3.05) is 11.9 Å². The van der Waals surface area contributed by atoms with Crippen LogP contribution in [0, 0.1) is 0 Å². The van der Waals surface area contributed by atoms with Crippen LogP contribution in [0.1, 0.15) is 19.8 Å². The van der Waals surface area contributed by atoms with Crippen LogP contribution in [0.2, 0.25) is 0 Å². The van der Waals surface area contributed by atoms with E-state index >= 15 is 0 Å². The molecule has 0 aliphatic carbocycles. The van der Waals surface area contributed by atoms with Crippen molar-refractivity contribution in [3.8, 4) is 5.69 Å². The van der Waals surface area contributed by atoms with Crippen LogP contribution in [0.5, 0.6) is 0 Å². The third-order valence-electron chi connectivity index (χ3n) is 3.56. The molecule has 0 fully saturated rings. The molecule has 0 saturated heterocycles. The zero-order valence-electron chi connectivity index (χ0n) is 12.0. The van der Waals surface area contributed by atoms with E-state index in [9.17, 15) is 0 Å². The van der Waals surface area contributed by atoms with Crippen LogP contribution in [0.4, 0.5) is 5.95 Å². The quantitative estimate of drug-likeness (QED) is 0.660. The van der Waals surface area contributed by atoms with Gasteiger partial charge in [-0.2, -0.15) is 0 Å². The first-order valence-corrected chi connectivity index (χ1v) is 8.05. The van der Waals surface area contributed by atoms with E-state index in [0.29, 0.717) is 0 Å². The molecule has 1 aromatic heterocycles. The van der Waals surface area contributed by atoms with Crippen LogP contribution in [0.3, 0.4) is 0 Å². The highest BCUT2D eigenvalue weighted by Gasteiger charge is 2.09. The van der Waals surface area contributed by atoms with Gasteiger partial charge >= 0.3 is 0 Å². The second-order valence-corrected chi connectivity index (χ2v) is 5.87. The van der Waals surface area contributed by atoms with Gasteiger partial charge in [-0.25, -0.2) is 4.98 Å². The molecule has 0 amide bonds. The number of rotatable bonds is 5. The molecule has 0 spiro atoms. The summed E-state index contributed by atoms with van der Waals surface area (Å²) >= 11 is 3.62. The first-order chi connectivity index (χ1) is 10.3. The summed E-state index contributed by atoms with van der Waals surface area (Å²) in [6, 6.07) is 12.6. The molecular weight excluding hydrogens is 326 g/mol. The average Bonchev–Trinajstić information content (AvgIpc) is 2.97. The number of benzene rings is 2. The fourth-order valence-corrected chi connectivity index (χ4v) is 2.94. The number of unbranched alkanes of at least 4 members (excludes halogenated alkanes) is 1. The smallest absolute Gasteiger partial charge is 0.207 e. The fraction of sp³-hybridized carbons (Fsp3) is 0.235. The number of nitrogens with one attached hydrogen (secondary N) is 1. The largest absolute Gasteiger partial charge is 0.355 e. The number of anilines is 1. The number of hydrogen-bond acceptors (Lipinski definition) is 2. The SMILES string of the molecule is CCCCNc1nccn1-c1ccc(Br)c2ccccc12. The summed E-state index contributed by atoms with van der Waals surface area (Å²) in [6.45, 7) is 3.14. The van der Waals surface area contributed by atoms with Crippen LogP contribution in [-0.2, 0) is 0 Å². The third-order valence-corrected chi connectivity index (χ3v) is 4.25. The van der Waals surface area contributed by atoms with Crippen LogP contribution in [-0.4, -0.2) is 16.1 Å². The monoisotopic (exact) mass is 343 g/mol. The van der Waals surface area contributed by atoms with E-state index in [1.54, 1.807) is 0 Å². The van der Waals surface area contributed by atoms with E-state index in [2.05, 4.69) is 74.1 Å². The molecule has 0 aliphatic heterocycles. The topological polar surface area (TPSA) is 29.9 Å². The number of nitrogens with zero attached hydrogens (tertiary/aromatic N) is 2. The molecular formula is C17H18BrN3. The van der Waals surface area contributed by atoms with Crippen molar-refractivity contribution in [2.45, 2.75) is 19.8 Å². The number of aromatic nitrogens is 2. The van der Waals surface area contributed by atoms with Crippen molar-refractivity contribution in [3.63, 3.8) is 0 Å². The third kappa shape index (κ3) is 2.81. The summed E-state index contributed by atoms with van der Waals surface area (Å²) in [5, 5.41) is 5.83. The molecule has 108 valence electrons. The first kappa shape index (κ1) is 14.1. The second-order valence-electron chi connectivity index (χ2n) is 5.01. The van der Waals surface area contributed by atoms with Gasteiger partial charge in [0.15, 0.2) is 0 Å². The zero-order chi connectivity index (χ0) is 14.7. The summed E-state index contributed by atoms with van der Waals surface area (Å²) < 4.78 is 3.23. The highest BCUT2D eigenvalue weighted by molar-refractivity contribution is 9.10. The summed E-state index contributed by atoms with van der Waals surface area (Å²) in [5.74, 6) is 0.899. The number of imidazole rings is 1. The van der Waals surface area contributed by atoms with E-state index < -0.39 is 0 Å². The maximum Gasteiger partial charge on any atom is 0.207 e. The molecule has 0 radical (unpaired) electrons. The predicted molar refractivity (Wildman–Crippen MR) is 92.2 cm³/mol. The van der Waals surface area contributed by atoms with Crippen LogP contribution in [0.15, 0.2) is 53.3 Å². The van der Waals surface area contributed by atoms with Crippen molar-refractivity contribution >= 4 is 32.7 Å². The lowest BCUT2D eigenvalue weighted by Gasteiger charge is -2.13. The lowest BCUT2D eigenvalue weighted by Crippen LogP contribution is -2.07. The van der Waals surface area contributed by atoms with Crippen molar-refractivity contribution < 1.29 is 0 Å². The molecule has 2 aromatic carbocycles. The van der Waals surface area contributed by atoms with Gasteiger partial charge in [-0.3, -0.25) is 4.57 Å². The molecule has 4 heteroatoms. The highest BCUT2D eigenvalue weighted by Crippen LogP contribution is 2.30. The van der Waals surface area contributed by atoms with Gasteiger partial charge in [0.05, 0.1) is 5.69 Å². The Morgan fingerprint density at radius 2 is 1.95 bits per heavy atom. The Bertz CT molecular complexity index is 749. The Morgan fingerprint density at radius 3 is 2.76 bits per heavy atom. The fourth-order valence-electron chi connectivity index (χ4n) is 2.46. The number of halogens is 1. The minimum Gasteiger partial charge on any atom is -0.355 e. The highest BCUT2D eigenvalue weighted by atomic mass is 79.9. The molecule has 0 unspecified atom stereocenters. The predicted octanol–water partition coefficient (Wildman–Crippen LogP) is 5.00. The minimum atomic E-state index is 0.899. The van der Waals surface area contributed by atoms with E-state index in [1.807, 2.05) is 12.4 Å².